The number of amides is 1. The highest BCUT2D eigenvalue weighted by Gasteiger charge is 2.16. The molecule has 0 fully saturated rings. The van der Waals surface area contributed by atoms with Gasteiger partial charge < -0.3 is 4.90 Å². The second-order valence-corrected chi connectivity index (χ2v) is 7.30. The molecule has 3 rings (SSSR count). The Morgan fingerprint density at radius 3 is 2.40 bits per heavy atom. The van der Waals surface area contributed by atoms with E-state index < -0.39 is 0 Å². The Kier molecular flexibility index (Phi) is 5.26. The highest BCUT2D eigenvalue weighted by atomic mass is 32.1. The molecule has 1 amide bonds. The molecule has 2 aromatic carbocycles. The number of anilines is 1. The number of aromatic nitrogens is 1. The molecular formula is C20H21N3OS. The number of hydrogen-bond acceptors (Lipinski definition) is 4. The zero-order valence-electron chi connectivity index (χ0n) is 14.6. The molecule has 1 N–H and O–H groups in total. The molecule has 0 saturated carbocycles. The molecule has 0 atom stereocenters. The van der Waals surface area contributed by atoms with Crippen molar-refractivity contribution in [3.05, 3.63) is 70.6 Å². The van der Waals surface area contributed by atoms with Crippen LogP contribution >= 0.6 is 11.3 Å². The summed E-state index contributed by atoms with van der Waals surface area (Å²) >= 11 is 1.53. The van der Waals surface area contributed by atoms with E-state index in [0.29, 0.717) is 10.7 Å². The number of aryl methyl sites for hydroxylation is 1. The maximum atomic E-state index is 12.4. The molecule has 25 heavy (non-hydrogen) atoms. The summed E-state index contributed by atoms with van der Waals surface area (Å²) in [4.78, 5) is 20.3. The highest BCUT2D eigenvalue weighted by molar-refractivity contribution is 7.16. The summed E-state index contributed by atoms with van der Waals surface area (Å²) < 4.78 is 0. The molecule has 1 heterocycles. The zero-order valence-corrected chi connectivity index (χ0v) is 15.4. The van der Waals surface area contributed by atoms with Gasteiger partial charge in [-0.3, -0.25) is 10.1 Å². The minimum absolute atomic E-state index is 0.138. The van der Waals surface area contributed by atoms with Gasteiger partial charge in [0.2, 0.25) is 0 Å². The van der Waals surface area contributed by atoms with Crippen LogP contribution in [0.2, 0.25) is 0 Å². The fraction of sp³-hybridized carbons (Fsp3) is 0.200. The van der Waals surface area contributed by atoms with Gasteiger partial charge in [0.1, 0.15) is 0 Å². The molecule has 5 heteroatoms. The lowest BCUT2D eigenvalue weighted by Gasteiger charge is -2.09. The molecular weight excluding hydrogens is 330 g/mol. The van der Waals surface area contributed by atoms with E-state index in [9.17, 15) is 4.79 Å². The second-order valence-electron chi connectivity index (χ2n) is 6.21. The lowest BCUT2D eigenvalue weighted by Crippen LogP contribution is -2.11. The van der Waals surface area contributed by atoms with Crippen LogP contribution in [0.4, 0.5) is 5.13 Å². The van der Waals surface area contributed by atoms with Gasteiger partial charge in [-0.25, -0.2) is 4.98 Å². The Morgan fingerprint density at radius 1 is 1.08 bits per heavy atom. The molecule has 128 valence electrons. The molecule has 0 aliphatic carbocycles. The van der Waals surface area contributed by atoms with Crippen LogP contribution in [0.5, 0.6) is 0 Å². The molecule has 4 nitrogen and oxygen atoms in total. The number of carbonyl (C=O) groups is 1. The van der Waals surface area contributed by atoms with Crippen molar-refractivity contribution in [3.63, 3.8) is 0 Å². The molecule has 0 spiro atoms. The van der Waals surface area contributed by atoms with Crippen molar-refractivity contribution >= 4 is 22.4 Å². The van der Waals surface area contributed by atoms with E-state index in [4.69, 9.17) is 0 Å². The van der Waals surface area contributed by atoms with Crippen LogP contribution in [0.25, 0.3) is 11.3 Å². The number of benzene rings is 2. The first-order chi connectivity index (χ1) is 12.0. The van der Waals surface area contributed by atoms with E-state index >= 15 is 0 Å². The molecule has 1 aromatic heterocycles. The van der Waals surface area contributed by atoms with Crippen LogP contribution in [0.1, 0.15) is 20.8 Å². The van der Waals surface area contributed by atoms with E-state index in [0.717, 1.165) is 22.7 Å². The number of nitrogens with one attached hydrogen (secondary N) is 1. The highest BCUT2D eigenvalue weighted by Crippen LogP contribution is 2.32. The van der Waals surface area contributed by atoms with Gasteiger partial charge in [-0.1, -0.05) is 59.4 Å². The number of hydrogen-bond donors (Lipinski definition) is 1. The van der Waals surface area contributed by atoms with Crippen molar-refractivity contribution in [2.75, 3.05) is 19.4 Å². The van der Waals surface area contributed by atoms with Gasteiger partial charge in [0.15, 0.2) is 5.13 Å². The van der Waals surface area contributed by atoms with Crippen molar-refractivity contribution in [3.8, 4) is 11.3 Å². The predicted octanol–water partition coefficient (Wildman–Crippen LogP) is 4.43. The molecule has 0 saturated heterocycles. The molecule has 0 unspecified atom stereocenters. The zero-order chi connectivity index (χ0) is 17.8. The SMILES string of the molecule is Cc1ccc(-c2nc(NC(=O)c3ccccc3)sc2CN(C)C)cc1. The lowest BCUT2D eigenvalue weighted by atomic mass is 10.1. The fourth-order valence-corrected chi connectivity index (χ4v) is 3.59. The van der Waals surface area contributed by atoms with Crippen LogP contribution in [0, 0.1) is 6.92 Å². The van der Waals surface area contributed by atoms with E-state index in [1.165, 1.54) is 16.9 Å². The van der Waals surface area contributed by atoms with Gasteiger partial charge in [-0.05, 0) is 33.2 Å². The second kappa shape index (κ2) is 7.59. The Balaban J connectivity index is 1.90. The van der Waals surface area contributed by atoms with Crippen molar-refractivity contribution < 1.29 is 4.79 Å². The van der Waals surface area contributed by atoms with Crippen molar-refractivity contribution in [1.29, 1.82) is 0 Å². The Labute approximate surface area is 152 Å². The van der Waals surface area contributed by atoms with Crippen LogP contribution in [-0.4, -0.2) is 29.9 Å². The Morgan fingerprint density at radius 2 is 1.76 bits per heavy atom. The smallest absolute Gasteiger partial charge is 0.257 e. The topological polar surface area (TPSA) is 45.2 Å². The van der Waals surface area contributed by atoms with E-state index in [1.54, 1.807) is 12.1 Å². The Hall–Kier alpha value is -2.50. The molecule has 0 bridgehead atoms. The van der Waals surface area contributed by atoms with E-state index in [2.05, 4.69) is 46.4 Å². The maximum Gasteiger partial charge on any atom is 0.257 e. The molecule has 0 aliphatic rings. The summed E-state index contributed by atoms with van der Waals surface area (Å²) in [6.45, 7) is 2.85. The number of nitrogens with zero attached hydrogens (tertiary/aromatic N) is 2. The van der Waals surface area contributed by atoms with Crippen molar-refractivity contribution in [2.45, 2.75) is 13.5 Å². The minimum Gasteiger partial charge on any atom is -0.304 e. The fourth-order valence-electron chi connectivity index (χ4n) is 2.50. The number of carbonyl (C=O) groups excluding carboxylic acids is 1. The molecule has 0 aliphatic heterocycles. The number of rotatable bonds is 5. The minimum atomic E-state index is -0.138. The van der Waals surface area contributed by atoms with Gasteiger partial charge in [-0.2, -0.15) is 0 Å². The summed E-state index contributed by atoms with van der Waals surface area (Å²) in [6, 6.07) is 17.5. The van der Waals surface area contributed by atoms with Gasteiger partial charge in [-0.15, -0.1) is 0 Å². The van der Waals surface area contributed by atoms with Gasteiger partial charge >= 0.3 is 0 Å². The van der Waals surface area contributed by atoms with Gasteiger partial charge in [0, 0.05) is 22.5 Å². The van der Waals surface area contributed by atoms with Crippen molar-refractivity contribution in [2.24, 2.45) is 0 Å². The summed E-state index contributed by atoms with van der Waals surface area (Å²) in [6.07, 6.45) is 0. The van der Waals surface area contributed by atoms with Crippen LogP contribution in [-0.2, 0) is 6.54 Å². The average Bonchev–Trinajstić information content (AvgIpc) is 2.98. The third-order valence-corrected chi connectivity index (χ3v) is 4.69. The first-order valence-corrected chi connectivity index (χ1v) is 8.92. The standard InChI is InChI=1S/C20H21N3OS/c1-14-9-11-15(12-10-14)18-17(13-23(2)3)25-20(21-18)22-19(24)16-7-5-4-6-8-16/h4-12H,13H2,1-3H3,(H,21,22,24). The predicted molar refractivity (Wildman–Crippen MR) is 104 cm³/mol. The third kappa shape index (κ3) is 4.32. The Bertz CT molecular complexity index is 854. The van der Waals surface area contributed by atoms with Crippen LogP contribution in [0.15, 0.2) is 54.6 Å². The van der Waals surface area contributed by atoms with Crippen LogP contribution < -0.4 is 5.32 Å². The summed E-state index contributed by atoms with van der Waals surface area (Å²) in [7, 11) is 4.06. The molecule has 3 aromatic rings. The maximum absolute atomic E-state index is 12.4. The average molecular weight is 351 g/mol. The third-order valence-electron chi connectivity index (χ3n) is 3.74. The van der Waals surface area contributed by atoms with E-state index in [1.807, 2.05) is 32.3 Å². The lowest BCUT2D eigenvalue weighted by molar-refractivity contribution is 0.102. The quantitative estimate of drug-likeness (QED) is 0.739. The van der Waals surface area contributed by atoms with E-state index in [-0.39, 0.29) is 5.91 Å². The monoisotopic (exact) mass is 351 g/mol. The first kappa shape index (κ1) is 17.3. The number of thiazole rings is 1. The summed E-state index contributed by atoms with van der Waals surface area (Å²) in [5, 5.41) is 3.55. The van der Waals surface area contributed by atoms with Crippen molar-refractivity contribution in [1.82, 2.24) is 9.88 Å². The summed E-state index contributed by atoms with van der Waals surface area (Å²) in [5.41, 5.74) is 3.84. The normalized spacial score (nSPS) is 10.9. The van der Waals surface area contributed by atoms with Gasteiger partial charge in [0.05, 0.1) is 5.69 Å². The van der Waals surface area contributed by atoms with Crippen LogP contribution in [0.3, 0.4) is 0 Å². The molecule has 0 radical (unpaired) electrons. The van der Waals surface area contributed by atoms with Gasteiger partial charge in [0.25, 0.3) is 5.91 Å². The first-order valence-electron chi connectivity index (χ1n) is 8.11. The largest absolute Gasteiger partial charge is 0.304 e. The summed E-state index contributed by atoms with van der Waals surface area (Å²) in [5.74, 6) is -0.138.